The van der Waals surface area contributed by atoms with Gasteiger partial charge in [0.05, 0.1) is 18.2 Å². The Balaban J connectivity index is 1.92. The number of carbonyl (C=O) groups is 2. The Morgan fingerprint density at radius 2 is 1.94 bits per heavy atom. The van der Waals surface area contributed by atoms with Crippen LogP contribution in [0.15, 0.2) is 78.6 Å². The molecule has 1 fully saturated rings. The molecule has 31 heavy (non-hydrogen) atoms. The van der Waals surface area contributed by atoms with Crippen molar-refractivity contribution in [3.05, 3.63) is 94.8 Å². The van der Waals surface area contributed by atoms with E-state index in [-0.39, 0.29) is 11.3 Å². The molecule has 3 aromatic rings. The lowest BCUT2D eigenvalue weighted by Crippen LogP contribution is -2.29. The van der Waals surface area contributed by atoms with E-state index in [1.807, 2.05) is 6.92 Å². The molecule has 0 spiro atoms. The van der Waals surface area contributed by atoms with Gasteiger partial charge in [-0.2, -0.15) is 0 Å². The second-order valence-corrected chi connectivity index (χ2v) is 7.33. The second-order valence-electron chi connectivity index (χ2n) is 6.90. The molecular weight excluding hydrogens is 416 g/mol. The highest BCUT2D eigenvalue weighted by molar-refractivity contribution is 6.51. The van der Waals surface area contributed by atoms with Crippen molar-refractivity contribution < 1.29 is 19.4 Å². The van der Waals surface area contributed by atoms with Crippen molar-refractivity contribution in [3.63, 3.8) is 0 Å². The van der Waals surface area contributed by atoms with Crippen LogP contribution in [0, 0.1) is 0 Å². The molecule has 1 amide bonds. The average Bonchev–Trinajstić information content (AvgIpc) is 3.05. The minimum Gasteiger partial charge on any atom is -0.507 e. The van der Waals surface area contributed by atoms with Crippen molar-refractivity contribution in [2.75, 3.05) is 11.5 Å². The number of ether oxygens (including phenoxy) is 1. The first-order valence-corrected chi connectivity index (χ1v) is 10.1. The van der Waals surface area contributed by atoms with Crippen molar-refractivity contribution in [1.82, 2.24) is 4.98 Å². The van der Waals surface area contributed by atoms with E-state index < -0.39 is 17.7 Å². The standard InChI is InChI=1S/C24H19ClN2O4/c1-2-31-19-10-3-6-15(12-19)22(28)20-21(16-7-5-11-26-14-16)27(24(30)23(20)29)18-9-4-8-17(25)13-18/h3-14,21,28H,2H2,1H3/b22-20+. The van der Waals surface area contributed by atoms with Crippen LogP contribution in [0.3, 0.4) is 0 Å². The van der Waals surface area contributed by atoms with E-state index in [4.69, 9.17) is 16.3 Å². The molecule has 1 unspecified atom stereocenters. The Morgan fingerprint density at radius 3 is 2.65 bits per heavy atom. The number of carbonyl (C=O) groups excluding carboxylic acids is 2. The lowest BCUT2D eigenvalue weighted by atomic mass is 9.96. The molecule has 1 N–H and O–H groups in total. The quantitative estimate of drug-likeness (QED) is 0.356. The normalized spacial score (nSPS) is 17.7. The van der Waals surface area contributed by atoms with Crippen LogP contribution in [0.1, 0.15) is 24.1 Å². The average molecular weight is 435 g/mol. The number of ketones is 1. The van der Waals surface area contributed by atoms with Gasteiger partial charge in [-0.3, -0.25) is 19.5 Å². The van der Waals surface area contributed by atoms with Gasteiger partial charge in [0.25, 0.3) is 11.7 Å². The molecule has 1 aliphatic heterocycles. The number of amides is 1. The maximum atomic E-state index is 13.1. The van der Waals surface area contributed by atoms with Crippen molar-refractivity contribution in [2.45, 2.75) is 13.0 Å². The van der Waals surface area contributed by atoms with Gasteiger partial charge < -0.3 is 9.84 Å². The lowest BCUT2D eigenvalue weighted by molar-refractivity contribution is -0.132. The van der Waals surface area contributed by atoms with Crippen LogP contribution in [-0.2, 0) is 9.59 Å². The van der Waals surface area contributed by atoms with Gasteiger partial charge in [0.2, 0.25) is 0 Å². The molecule has 1 atom stereocenters. The number of nitrogens with zero attached hydrogens (tertiary/aromatic N) is 2. The predicted octanol–water partition coefficient (Wildman–Crippen LogP) is 4.76. The fourth-order valence-electron chi connectivity index (χ4n) is 3.63. The highest BCUT2D eigenvalue weighted by atomic mass is 35.5. The van der Waals surface area contributed by atoms with E-state index in [0.29, 0.717) is 34.2 Å². The minimum absolute atomic E-state index is 0.0216. The first-order chi connectivity index (χ1) is 15.0. The smallest absolute Gasteiger partial charge is 0.300 e. The van der Waals surface area contributed by atoms with Crippen LogP contribution in [-0.4, -0.2) is 28.4 Å². The van der Waals surface area contributed by atoms with Crippen LogP contribution >= 0.6 is 11.6 Å². The number of halogens is 1. The van der Waals surface area contributed by atoms with Gasteiger partial charge in [0.1, 0.15) is 11.5 Å². The molecule has 4 rings (SSSR count). The summed E-state index contributed by atoms with van der Waals surface area (Å²) < 4.78 is 5.50. The predicted molar refractivity (Wildman–Crippen MR) is 118 cm³/mol. The molecule has 2 heterocycles. The number of rotatable bonds is 5. The molecule has 0 bridgehead atoms. The molecule has 0 radical (unpaired) electrons. The molecule has 0 saturated carbocycles. The summed E-state index contributed by atoms with van der Waals surface area (Å²) in [6.07, 6.45) is 3.17. The molecule has 2 aromatic carbocycles. The third-order valence-electron chi connectivity index (χ3n) is 4.95. The van der Waals surface area contributed by atoms with Gasteiger partial charge in [0.15, 0.2) is 0 Å². The molecule has 6 nitrogen and oxygen atoms in total. The van der Waals surface area contributed by atoms with Crippen LogP contribution in [0.25, 0.3) is 5.76 Å². The summed E-state index contributed by atoms with van der Waals surface area (Å²) in [5.74, 6) is -1.27. The fraction of sp³-hybridized carbons (Fsp3) is 0.125. The fourth-order valence-corrected chi connectivity index (χ4v) is 3.82. The number of anilines is 1. The maximum Gasteiger partial charge on any atom is 0.300 e. The summed E-state index contributed by atoms with van der Waals surface area (Å²) >= 11 is 6.13. The van der Waals surface area contributed by atoms with Crippen molar-refractivity contribution in [1.29, 1.82) is 0 Å². The number of hydrogen-bond donors (Lipinski definition) is 1. The van der Waals surface area contributed by atoms with Crippen LogP contribution in [0.4, 0.5) is 5.69 Å². The molecule has 0 aliphatic carbocycles. The number of pyridine rings is 1. The Morgan fingerprint density at radius 1 is 1.13 bits per heavy atom. The van der Waals surface area contributed by atoms with Crippen molar-refractivity contribution >= 4 is 34.7 Å². The number of aliphatic hydroxyl groups excluding tert-OH is 1. The number of aromatic nitrogens is 1. The Hall–Kier alpha value is -3.64. The zero-order valence-electron chi connectivity index (χ0n) is 16.7. The van der Waals surface area contributed by atoms with E-state index in [9.17, 15) is 14.7 Å². The van der Waals surface area contributed by atoms with Crippen LogP contribution < -0.4 is 9.64 Å². The monoisotopic (exact) mass is 434 g/mol. The third kappa shape index (κ3) is 3.90. The minimum atomic E-state index is -0.858. The van der Waals surface area contributed by atoms with Gasteiger partial charge in [-0.05, 0) is 48.9 Å². The zero-order valence-corrected chi connectivity index (χ0v) is 17.4. The van der Waals surface area contributed by atoms with Crippen molar-refractivity contribution in [3.8, 4) is 5.75 Å². The molecule has 1 aromatic heterocycles. The Kier molecular flexibility index (Phi) is 5.73. The summed E-state index contributed by atoms with van der Waals surface area (Å²) in [7, 11) is 0. The summed E-state index contributed by atoms with van der Waals surface area (Å²) in [6.45, 7) is 2.31. The molecule has 1 saturated heterocycles. The van der Waals surface area contributed by atoms with Crippen molar-refractivity contribution in [2.24, 2.45) is 0 Å². The maximum absolute atomic E-state index is 13.1. The van der Waals surface area contributed by atoms with Crippen LogP contribution in [0.2, 0.25) is 5.02 Å². The summed E-state index contributed by atoms with van der Waals surface area (Å²) in [5.41, 5.74) is 1.39. The molecular formula is C24H19ClN2O4. The topological polar surface area (TPSA) is 79.7 Å². The Labute approximate surface area is 184 Å². The van der Waals surface area contributed by atoms with Gasteiger partial charge in [-0.25, -0.2) is 0 Å². The largest absolute Gasteiger partial charge is 0.507 e. The number of benzene rings is 2. The zero-order chi connectivity index (χ0) is 22.0. The number of aliphatic hydroxyl groups is 1. The van der Waals surface area contributed by atoms with E-state index >= 15 is 0 Å². The molecule has 156 valence electrons. The van der Waals surface area contributed by atoms with E-state index in [2.05, 4.69) is 4.98 Å². The SMILES string of the molecule is CCOc1cccc(/C(O)=C2\C(=O)C(=O)N(c3cccc(Cl)c3)C2c2cccnc2)c1. The van der Waals surface area contributed by atoms with Gasteiger partial charge in [-0.15, -0.1) is 0 Å². The lowest BCUT2D eigenvalue weighted by Gasteiger charge is -2.25. The van der Waals surface area contributed by atoms with Gasteiger partial charge in [0, 0.05) is 28.7 Å². The second kappa shape index (κ2) is 8.62. The van der Waals surface area contributed by atoms with E-state index in [1.54, 1.807) is 73.1 Å². The molecule has 7 heteroatoms. The Bertz CT molecular complexity index is 1180. The van der Waals surface area contributed by atoms with E-state index in [1.165, 1.54) is 4.90 Å². The summed E-state index contributed by atoms with van der Waals surface area (Å²) in [6, 6.07) is 16.0. The number of Topliss-reactive ketones (excluding diaryl/α,β-unsaturated/α-hetero) is 1. The third-order valence-corrected chi connectivity index (χ3v) is 5.18. The van der Waals surface area contributed by atoms with Gasteiger partial charge >= 0.3 is 0 Å². The summed E-state index contributed by atoms with van der Waals surface area (Å²) in [5, 5.41) is 11.6. The van der Waals surface area contributed by atoms with Gasteiger partial charge in [-0.1, -0.05) is 35.9 Å². The first kappa shape index (κ1) is 20.6. The van der Waals surface area contributed by atoms with E-state index in [0.717, 1.165) is 0 Å². The highest BCUT2D eigenvalue weighted by Crippen LogP contribution is 2.42. The first-order valence-electron chi connectivity index (χ1n) is 9.71. The van der Waals surface area contributed by atoms with Crippen LogP contribution in [0.5, 0.6) is 5.75 Å². The summed E-state index contributed by atoms with van der Waals surface area (Å²) in [4.78, 5) is 31.6. The molecule has 1 aliphatic rings. The highest BCUT2D eigenvalue weighted by Gasteiger charge is 2.47. The number of hydrogen-bond acceptors (Lipinski definition) is 5.